The molecule has 24 nitrogen and oxygen atoms in total. The van der Waals surface area contributed by atoms with Gasteiger partial charge in [0.2, 0.25) is 17.7 Å². The summed E-state index contributed by atoms with van der Waals surface area (Å²) in [7, 11) is 0. The Hall–Kier alpha value is -11.3. The van der Waals surface area contributed by atoms with Gasteiger partial charge in [0, 0.05) is 76.2 Å². The van der Waals surface area contributed by atoms with E-state index in [-0.39, 0.29) is 76.5 Å². The molecule has 0 heterocycles. The van der Waals surface area contributed by atoms with Gasteiger partial charge in [-0.05, 0) is 155 Å². The van der Waals surface area contributed by atoms with E-state index < -0.39 is 78.1 Å². The van der Waals surface area contributed by atoms with Crippen molar-refractivity contribution in [2.45, 2.75) is 121 Å². The summed E-state index contributed by atoms with van der Waals surface area (Å²) in [5.74, 6) is -3.63. The number of amides is 10. The van der Waals surface area contributed by atoms with Crippen LogP contribution in [0.3, 0.4) is 0 Å². The molecule has 3 atom stereocenters. The first kappa shape index (κ1) is 77.3. The molecule has 0 unspecified atom stereocenters. The molecule has 0 saturated heterocycles. The first-order valence-electron chi connectivity index (χ1n) is 36.7. The van der Waals surface area contributed by atoms with Gasteiger partial charge < -0.3 is 72.1 Å². The molecule has 3 aliphatic rings. The predicted molar refractivity (Wildman–Crippen MR) is 404 cm³/mol. The fourth-order valence-electron chi connectivity index (χ4n) is 14.1. The molecule has 7 aromatic rings. The van der Waals surface area contributed by atoms with Crippen LogP contribution in [0, 0.1) is 5.92 Å². The number of rotatable bonds is 37. The number of alkyl carbamates (subject to hydrolysis) is 2. The van der Waals surface area contributed by atoms with E-state index >= 15 is 0 Å². The Morgan fingerprint density at radius 2 is 0.849 bits per heavy atom. The Bertz CT molecular complexity index is 4070. The van der Waals surface area contributed by atoms with E-state index in [2.05, 4.69) is 97.9 Å². The number of fused-ring (bicyclic) bond motifs is 9. The first-order chi connectivity index (χ1) is 51.5. The topological polar surface area (TPSA) is 333 Å². The number of urea groups is 1. The highest BCUT2D eigenvalue weighted by Crippen LogP contribution is 2.47. The third-order valence-corrected chi connectivity index (χ3v) is 19.5. The summed E-state index contributed by atoms with van der Waals surface area (Å²) >= 11 is 0. The zero-order valence-electron chi connectivity index (χ0n) is 60.4. The zero-order valence-corrected chi connectivity index (χ0v) is 60.4. The van der Waals surface area contributed by atoms with Crippen molar-refractivity contribution in [3.63, 3.8) is 0 Å². The fraction of sp³-hybridized carbons (Fsp3) is 0.378. The lowest BCUT2D eigenvalue weighted by molar-refractivity contribution is -0.134. The van der Waals surface area contributed by atoms with E-state index in [1.807, 2.05) is 84.9 Å². The maximum atomic E-state index is 14.2. The monoisotopic (exact) mass is 1440 g/mol. The summed E-state index contributed by atoms with van der Waals surface area (Å²) in [6.45, 7) is 7.68. The Morgan fingerprint density at radius 1 is 0.425 bits per heavy atom. The quantitative estimate of drug-likeness (QED) is 0.0129. The second-order valence-electron chi connectivity index (χ2n) is 27.2. The van der Waals surface area contributed by atoms with Crippen LogP contribution in [0.15, 0.2) is 170 Å². The smallest absolute Gasteiger partial charge is 0.414 e. The molecule has 0 spiro atoms. The van der Waals surface area contributed by atoms with E-state index in [4.69, 9.17) is 30.4 Å². The number of imide groups is 1. The molecule has 7 aromatic carbocycles. The molecule has 0 radical (unpaired) electrons. The van der Waals surface area contributed by atoms with Crippen molar-refractivity contribution in [3.05, 3.63) is 209 Å². The number of carbonyl (C=O) groups excluding carboxylic acids is 9. The second-order valence-corrected chi connectivity index (χ2v) is 27.2. The fourth-order valence-corrected chi connectivity index (χ4v) is 14.1. The number of nitrogens with one attached hydrogen (secondary N) is 7. The molecule has 0 saturated carbocycles. The first-order valence-corrected chi connectivity index (χ1v) is 36.7. The van der Waals surface area contributed by atoms with Crippen molar-refractivity contribution < 1.29 is 62.1 Å². The van der Waals surface area contributed by atoms with Gasteiger partial charge in [0.25, 0.3) is 5.91 Å². The van der Waals surface area contributed by atoms with Crippen LogP contribution in [0.1, 0.15) is 135 Å². The highest BCUT2D eigenvalue weighted by molar-refractivity contribution is 5.98. The zero-order chi connectivity index (χ0) is 74.9. The van der Waals surface area contributed by atoms with E-state index in [1.54, 1.807) is 47.9 Å². The average Bonchev–Trinajstić information content (AvgIpc) is 1.63. The highest BCUT2D eigenvalue weighted by Gasteiger charge is 2.35. The number of hydrogen-bond acceptors (Lipinski definition) is 15. The molecule has 0 aromatic heterocycles. The van der Waals surface area contributed by atoms with Crippen molar-refractivity contribution in [2.24, 2.45) is 17.4 Å². The molecular weight excluding hydrogens is 1350 g/mol. The lowest BCUT2D eigenvalue weighted by Crippen LogP contribution is -2.58. The van der Waals surface area contributed by atoms with Crippen molar-refractivity contribution in [3.8, 4) is 33.4 Å². The maximum absolute atomic E-state index is 14.2. The van der Waals surface area contributed by atoms with Crippen molar-refractivity contribution in [2.75, 3.05) is 77.5 Å². The molecule has 558 valence electrons. The van der Waals surface area contributed by atoms with Gasteiger partial charge in [-0.25, -0.2) is 24.0 Å². The van der Waals surface area contributed by atoms with Crippen molar-refractivity contribution in [1.29, 1.82) is 0 Å². The van der Waals surface area contributed by atoms with Crippen LogP contribution < -0.4 is 48.7 Å². The molecule has 0 bridgehead atoms. The summed E-state index contributed by atoms with van der Waals surface area (Å²) in [5.41, 5.74) is 26.0. The van der Waals surface area contributed by atoms with Gasteiger partial charge in [-0.1, -0.05) is 172 Å². The van der Waals surface area contributed by atoms with E-state index in [1.165, 1.54) is 6.92 Å². The SMILES string of the molecule is CC(=O)N[C@@H](CCCCNC(=O)OCC1c2ccccc2-c2ccccc21)C(=O)N[C@H](C(=O)N[C@@H](CCCNC(N)=O)C(=O)NC(=O)OCc1ccc(NCCCN(CCCCN(CCCN)C(=O)OCC2c3ccccc3-c3ccccc32)C(=O)OCC2c3ccccc3-c3ccccc32)cc1)C(C)C. The minimum atomic E-state index is -1.34. The van der Waals surface area contributed by atoms with Crippen LogP contribution in [-0.2, 0) is 44.7 Å². The predicted octanol–water partition coefficient (Wildman–Crippen LogP) is 11.2. The lowest BCUT2D eigenvalue weighted by Gasteiger charge is -2.27. The average molecular weight is 1440 g/mol. The van der Waals surface area contributed by atoms with Gasteiger partial charge in [0.15, 0.2) is 0 Å². The second kappa shape index (κ2) is 38.5. The molecule has 10 amide bonds. The number of nitrogens with two attached hydrogens (primary N) is 2. The number of hydrogen-bond donors (Lipinski definition) is 9. The van der Waals surface area contributed by atoms with Gasteiger partial charge in [0.05, 0.1) is 0 Å². The summed E-state index contributed by atoms with van der Waals surface area (Å²) in [6.07, 6.45) is 0.893. The van der Waals surface area contributed by atoms with Crippen molar-refractivity contribution in [1.82, 2.24) is 41.7 Å². The van der Waals surface area contributed by atoms with Crippen molar-refractivity contribution >= 4 is 59.7 Å². The van der Waals surface area contributed by atoms with E-state index in [9.17, 15) is 43.2 Å². The van der Waals surface area contributed by atoms with E-state index in [0.717, 1.165) is 72.4 Å². The minimum absolute atomic E-state index is 0.0418. The van der Waals surface area contributed by atoms with Gasteiger partial charge in [0.1, 0.15) is 44.6 Å². The van der Waals surface area contributed by atoms with Crippen LogP contribution in [0.25, 0.3) is 33.4 Å². The standard InChI is InChI=1S/C82H97N11O13/c1-53(2)74(90-75(95)72(88-54(3)94)35-16-17-42-87-79(99)104-50-69-63-29-10-4-23-57(63)58-24-5-11-30-64(58)69)77(97)89-73(36-20-43-86-78(84)98)76(96)91-80(100)103-49-55-37-39-56(40-38-55)85-44-22-48-93(82(102)106-52-71-67-33-14-8-27-61(67)62-28-9-15-34-68(62)71)46-19-18-45-92(47-21-41-83)81(101)105-51-70-65-31-12-6-25-59(65)60-26-7-13-32-66(60)70/h4-15,23-34,37-40,53,69-74,85H,16-22,35-36,41-52,83H2,1-3H3,(H,87,99)(H,88,94)(H,89,97)(H,90,95)(H3,84,86,98)(H,91,96,100)/t72-,73-,74-/m0/s1. The highest BCUT2D eigenvalue weighted by atomic mass is 16.6. The molecule has 0 fully saturated rings. The number of unbranched alkanes of at least 4 members (excludes halogenated alkanes) is 2. The van der Waals surface area contributed by atoms with Gasteiger partial charge in [-0.15, -0.1) is 0 Å². The molecule has 10 rings (SSSR count). The van der Waals surface area contributed by atoms with Crippen LogP contribution in [0.4, 0.5) is 29.7 Å². The van der Waals surface area contributed by atoms with Gasteiger partial charge >= 0.3 is 30.4 Å². The number of ether oxygens (including phenoxy) is 4. The minimum Gasteiger partial charge on any atom is -0.449 e. The van der Waals surface area contributed by atoms with Crippen LogP contribution in [0.2, 0.25) is 0 Å². The molecule has 106 heavy (non-hydrogen) atoms. The molecule has 24 heteroatoms. The van der Waals surface area contributed by atoms with Gasteiger partial charge in [-0.2, -0.15) is 0 Å². The molecule has 11 N–H and O–H groups in total. The van der Waals surface area contributed by atoms with E-state index in [0.29, 0.717) is 83.4 Å². The molecular formula is C82H97N11O13. The molecule has 3 aliphatic carbocycles. The van der Waals surface area contributed by atoms with Crippen LogP contribution in [0.5, 0.6) is 0 Å². The summed E-state index contributed by atoms with van der Waals surface area (Å²) in [6, 6.07) is 51.6. The largest absolute Gasteiger partial charge is 0.449 e. The number of benzene rings is 7. The normalized spacial score (nSPS) is 13.2. The number of carbonyl (C=O) groups is 9. The van der Waals surface area contributed by atoms with Crippen LogP contribution >= 0.6 is 0 Å². The lowest BCUT2D eigenvalue weighted by atomic mass is 9.98. The maximum Gasteiger partial charge on any atom is 0.414 e. The summed E-state index contributed by atoms with van der Waals surface area (Å²) < 4.78 is 23.3. The Morgan fingerprint density at radius 3 is 1.30 bits per heavy atom. The Labute approximate surface area is 618 Å². The third-order valence-electron chi connectivity index (χ3n) is 19.5. The Kier molecular flexibility index (Phi) is 28.1. The number of anilines is 1. The molecule has 0 aliphatic heterocycles. The number of primary amides is 1. The summed E-state index contributed by atoms with van der Waals surface area (Å²) in [5, 5.41) is 18.8. The Balaban J connectivity index is 0.678. The van der Waals surface area contributed by atoms with Gasteiger partial charge in [-0.3, -0.25) is 24.5 Å². The number of nitrogens with zero attached hydrogens (tertiary/aromatic N) is 2. The summed E-state index contributed by atoms with van der Waals surface area (Å²) in [4.78, 5) is 123. The third kappa shape index (κ3) is 20.8. The van der Waals surface area contributed by atoms with Crippen LogP contribution in [-0.4, -0.2) is 154 Å².